The average Bonchev–Trinajstić information content (AvgIpc) is 3.46. The Morgan fingerprint density at radius 3 is 2.83 bits per heavy atom. The summed E-state index contributed by atoms with van der Waals surface area (Å²) in [5, 5.41) is 15.9. The van der Waals surface area contributed by atoms with Crippen molar-refractivity contribution in [2.24, 2.45) is 0 Å². The fraction of sp³-hybridized carbons (Fsp3) is 0.333. The first kappa shape index (κ1) is 24.4. The van der Waals surface area contributed by atoms with Crippen LogP contribution in [0.15, 0.2) is 40.9 Å². The standard InChI is InChI=1S/C24H25N5O5S/c1-14(2)33-21-10-7-15(11-16(21)12-25)24-27-23(28-34-24)19-6-4-5-18-17(19)8-9-20(18)29-35(31,32)13-22(30)26-3/h4-7,10-11,14,20,29H,8-9,13H2,1-3H3,(H,26,30)/t20-/m0/s1. The lowest BCUT2D eigenvalue weighted by molar-refractivity contribution is -0.118. The first-order valence-corrected chi connectivity index (χ1v) is 12.7. The number of rotatable bonds is 8. The summed E-state index contributed by atoms with van der Waals surface area (Å²) >= 11 is 0. The van der Waals surface area contributed by atoms with E-state index in [0.717, 1.165) is 16.7 Å². The van der Waals surface area contributed by atoms with Gasteiger partial charge in [-0.3, -0.25) is 4.79 Å². The molecule has 1 aliphatic rings. The van der Waals surface area contributed by atoms with Gasteiger partial charge in [0, 0.05) is 24.2 Å². The van der Waals surface area contributed by atoms with Crippen molar-refractivity contribution in [3.05, 3.63) is 53.1 Å². The van der Waals surface area contributed by atoms with E-state index < -0.39 is 27.7 Å². The quantitative estimate of drug-likeness (QED) is 0.485. The third-order valence-corrected chi connectivity index (χ3v) is 6.85. The zero-order chi connectivity index (χ0) is 25.2. The predicted molar refractivity (Wildman–Crippen MR) is 128 cm³/mol. The fourth-order valence-electron chi connectivity index (χ4n) is 4.05. The molecule has 2 aromatic carbocycles. The Bertz CT molecular complexity index is 1410. The minimum absolute atomic E-state index is 0.0692. The van der Waals surface area contributed by atoms with Gasteiger partial charge in [0.15, 0.2) is 0 Å². The van der Waals surface area contributed by atoms with E-state index in [0.29, 0.717) is 35.5 Å². The molecule has 0 radical (unpaired) electrons. The van der Waals surface area contributed by atoms with Crippen molar-refractivity contribution in [3.8, 4) is 34.7 Å². The second kappa shape index (κ2) is 9.85. The largest absolute Gasteiger partial charge is 0.490 e. The number of fused-ring (bicyclic) bond motifs is 1. The van der Waals surface area contributed by atoms with E-state index in [-0.39, 0.29) is 12.0 Å². The second-order valence-corrected chi connectivity index (χ2v) is 10.2. The van der Waals surface area contributed by atoms with Crippen molar-refractivity contribution in [2.45, 2.75) is 38.8 Å². The summed E-state index contributed by atoms with van der Waals surface area (Å²) in [6.45, 7) is 3.77. The zero-order valence-electron chi connectivity index (χ0n) is 19.5. The van der Waals surface area contributed by atoms with Crippen LogP contribution in [0, 0.1) is 11.3 Å². The minimum atomic E-state index is -3.79. The number of nitrogens with one attached hydrogen (secondary N) is 2. The predicted octanol–water partition coefficient (Wildman–Crippen LogP) is 2.72. The number of amides is 1. The van der Waals surface area contributed by atoms with E-state index in [2.05, 4.69) is 26.2 Å². The second-order valence-electron chi connectivity index (χ2n) is 8.43. The number of carbonyl (C=O) groups is 1. The monoisotopic (exact) mass is 495 g/mol. The topological polar surface area (TPSA) is 147 Å². The third kappa shape index (κ3) is 5.34. The van der Waals surface area contributed by atoms with Crippen molar-refractivity contribution in [2.75, 3.05) is 12.8 Å². The number of carbonyl (C=O) groups excluding carboxylic acids is 1. The van der Waals surface area contributed by atoms with Gasteiger partial charge in [-0.05, 0) is 56.0 Å². The Morgan fingerprint density at radius 1 is 1.31 bits per heavy atom. The van der Waals surface area contributed by atoms with E-state index in [1.807, 2.05) is 26.0 Å². The molecule has 0 fully saturated rings. The highest BCUT2D eigenvalue weighted by molar-refractivity contribution is 7.90. The lowest BCUT2D eigenvalue weighted by atomic mass is 10.0. The van der Waals surface area contributed by atoms with Crippen molar-refractivity contribution >= 4 is 15.9 Å². The molecule has 10 nitrogen and oxygen atoms in total. The Kier molecular flexibility index (Phi) is 6.86. The van der Waals surface area contributed by atoms with Crippen molar-refractivity contribution < 1.29 is 22.5 Å². The van der Waals surface area contributed by atoms with E-state index in [1.165, 1.54) is 7.05 Å². The number of hydrogen-bond donors (Lipinski definition) is 2. The van der Waals surface area contributed by atoms with Gasteiger partial charge in [-0.15, -0.1) is 0 Å². The molecule has 0 bridgehead atoms. The summed E-state index contributed by atoms with van der Waals surface area (Å²) in [7, 11) is -2.40. The average molecular weight is 496 g/mol. The Balaban J connectivity index is 1.60. The number of hydrogen-bond acceptors (Lipinski definition) is 8. The van der Waals surface area contributed by atoms with Crippen molar-refractivity contribution in [3.63, 3.8) is 0 Å². The molecule has 0 saturated heterocycles. The smallest absolute Gasteiger partial charge is 0.258 e. The van der Waals surface area contributed by atoms with Gasteiger partial charge in [0.05, 0.1) is 11.7 Å². The van der Waals surface area contributed by atoms with Gasteiger partial charge < -0.3 is 14.6 Å². The number of aromatic nitrogens is 2. The molecular formula is C24H25N5O5S. The molecule has 1 atom stereocenters. The van der Waals surface area contributed by atoms with Gasteiger partial charge in [0.25, 0.3) is 5.89 Å². The highest BCUT2D eigenvalue weighted by Gasteiger charge is 2.30. The summed E-state index contributed by atoms with van der Waals surface area (Å²) in [5.41, 5.74) is 3.43. The molecule has 0 aliphatic heterocycles. The van der Waals surface area contributed by atoms with Crippen LogP contribution in [0.4, 0.5) is 0 Å². The summed E-state index contributed by atoms with van der Waals surface area (Å²) in [6.07, 6.45) is 1.09. The fourth-order valence-corrected chi connectivity index (χ4v) is 5.30. The van der Waals surface area contributed by atoms with Crippen LogP contribution < -0.4 is 14.8 Å². The van der Waals surface area contributed by atoms with Crippen LogP contribution in [-0.4, -0.2) is 43.4 Å². The van der Waals surface area contributed by atoms with Crippen LogP contribution in [0.3, 0.4) is 0 Å². The highest BCUT2D eigenvalue weighted by atomic mass is 32.2. The maximum Gasteiger partial charge on any atom is 0.258 e. The molecule has 182 valence electrons. The molecule has 1 aliphatic carbocycles. The molecular weight excluding hydrogens is 470 g/mol. The third-order valence-electron chi connectivity index (χ3n) is 5.57. The molecule has 0 saturated carbocycles. The first-order chi connectivity index (χ1) is 16.7. The molecule has 1 amide bonds. The number of nitriles is 1. The van der Waals surface area contributed by atoms with Crippen LogP contribution in [0.25, 0.3) is 22.8 Å². The van der Waals surface area contributed by atoms with Gasteiger partial charge >= 0.3 is 0 Å². The summed E-state index contributed by atoms with van der Waals surface area (Å²) in [6, 6.07) is 12.3. The molecule has 0 unspecified atom stereocenters. The Morgan fingerprint density at radius 2 is 2.11 bits per heavy atom. The summed E-state index contributed by atoms with van der Waals surface area (Å²) in [4.78, 5) is 16.1. The molecule has 3 aromatic rings. The molecule has 1 heterocycles. The zero-order valence-corrected chi connectivity index (χ0v) is 20.3. The highest BCUT2D eigenvalue weighted by Crippen LogP contribution is 2.38. The molecule has 2 N–H and O–H groups in total. The van der Waals surface area contributed by atoms with Gasteiger partial charge in [-0.25, -0.2) is 13.1 Å². The lowest BCUT2D eigenvalue weighted by Crippen LogP contribution is -2.36. The lowest BCUT2D eigenvalue weighted by Gasteiger charge is -2.14. The number of ether oxygens (including phenoxy) is 1. The number of sulfonamides is 1. The van der Waals surface area contributed by atoms with Crippen LogP contribution in [0.5, 0.6) is 5.75 Å². The molecule has 4 rings (SSSR count). The van der Waals surface area contributed by atoms with Crippen molar-refractivity contribution in [1.82, 2.24) is 20.2 Å². The summed E-state index contributed by atoms with van der Waals surface area (Å²) < 4.78 is 38.5. The Labute approximate surface area is 203 Å². The van der Waals surface area contributed by atoms with Gasteiger partial charge in [-0.1, -0.05) is 23.4 Å². The SMILES string of the molecule is CNC(=O)CS(=O)(=O)N[C@H]1CCc2c(-c3noc(-c4ccc(OC(C)C)c(C#N)c4)n3)cccc21. The first-order valence-electron chi connectivity index (χ1n) is 11.1. The van der Waals surface area contributed by atoms with Crippen LogP contribution in [-0.2, 0) is 21.2 Å². The van der Waals surface area contributed by atoms with Crippen LogP contribution in [0.1, 0.15) is 43.0 Å². The normalized spacial score (nSPS) is 15.0. The van der Waals surface area contributed by atoms with E-state index in [1.54, 1.807) is 24.3 Å². The van der Waals surface area contributed by atoms with Gasteiger partial charge in [-0.2, -0.15) is 10.2 Å². The van der Waals surface area contributed by atoms with Crippen LogP contribution in [0.2, 0.25) is 0 Å². The maximum absolute atomic E-state index is 12.4. The Hall–Kier alpha value is -3.75. The van der Waals surface area contributed by atoms with Gasteiger partial charge in [0.2, 0.25) is 21.8 Å². The van der Waals surface area contributed by atoms with Crippen molar-refractivity contribution in [1.29, 1.82) is 5.26 Å². The number of benzene rings is 2. The summed E-state index contributed by atoms with van der Waals surface area (Å²) in [5.74, 6) is -0.101. The molecule has 0 spiro atoms. The molecule has 1 aromatic heterocycles. The number of nitrogens with zero attached hydrogens (tertiary/aromatic N) is 3. The van der Waals surface area contributed by atoms with Crippen LogP contribution >= 0.6 is 0 Å². The minimum Gasteiger partial charge on any atom is -0.490 e. The van der Waals surface area contributed by atoms with Gasteiger partial charge in [0.1, 0.15) is 17.6 Å². The molecule has 11 heteroatoms. The van der Waals surface area contributed by atoms with E-state index in [4.69, 9.17) is 9.26 Å². The molecule has 35 heavy (non-hydrogen) atoms. The van der Waals surface area contributed by atoms with E-state index in [9.17, 15) is 18.5 Å². The van der Waals surface area contributed by atoms with E-state index >= 15 is 0 Å². The maximum atomic E-state index is 12.4.